The minimum absolute atomic E-state index is 0.0563. The Bertz CT molecular complexity index is 733. The summed E-state index contributed by atoms with van der Waals surface area (Å²) in [4.78, 5) is 40.7. The lowest BCUT2D eigenvalue weighted by Gasteiger charge is -2.36. The van der Waals surface area contributed by atoms with E-state index in [2.05, 4.69) is 0 Å². The fourth-order valence-corrected chi connectivity index (χ4v) is 4.39. The number of hydrogen-bond acceptors (Lipinski definition) is 5. The van der Waals surface area contributed by atoms with Gasteiger partial charge in [0.15, 0.2) is 0 Å². The molecule has 0 unspecified atom stereocenters. The molecule has 1 aromatic rings. The molecule has 2 aliphatic rings. The van der Waals surface area contributed by atoms with Crippen LogP contribution >= 0.6 is 11.8 Å². The third-order valence-corrected chi connectivity index (χ3v) is 5.84. The lowest BCUT2D eigenvalue weighted by Crippen LogP contribution is -2.45. The summed E-state index contributed by atoms with van der Waals surface area (Å²) in [6, 6.07) is 9.43. The molecule has 1 aromatic carbocycles. The van der Waals surface area contributed by atoms with Crippen molar-refractivity contribution in [3.8, 4) is 0 Å². The smallest absolute Gasteiger partial charge is 0.293 e. The van der Waals surface area contributed by atoms with Crippen LogP contribution < -0.4 is 0 Å². The van der Waals surface area contributed by atoms with Gasteiger partial charge in [0.2, 0.25) is 5.91 Å². The predicted octanol–water partition coefficient (Wildman–Crippen LogP) is 2.88. The Morgan fingerprint density at radius 2 is 2.00 bits per heavy atom. The molecule has 3 rings (SSSR count). The van der Waals surface area contributed by atoms with Crippen molar-refractivity contribution in [2.75, 3.05) is 19.7 Å². The molecule has 0 saturated carbocycles. The van der Waals surface area contributed by atoms with Crippen LogP contribution in [0.3, 0.4) is 0 Å². The largest absolute Gasteiger partial charge is 0.396 e. The fraction of sp³-hybridized carbons (Fsp3) is 0.450. The fourth-order valence-electron chi connectivity index (χ4n) is 3.52. The molecule has 2 heterocycles. The summed E-state index contributed by atoms with van der Waals surface area (Å²) in [5, 5.41) is 8.86. The number of thioether (sulfide) groups is 1. The van der Waals surface area contributed by atoms with E-state index >= 15 is 0 Å². The van der Waals surface area contributed by atoms with Crippen LogP contribution in [0, 0.1) is 0 Å². The molecule has 6 nitrogen and oxygen atoms in total. The SMILES string of the molecule is O=C1S/C(=C/c2ccccc2)C(=O)N1CCC(=O)N1CCCC[C@H]1CCO. The molecular weight excluding hydrogens is 364 g/mol. The molecule has 1 N–H and O–H groups in total. The van der Waals surface area contributed by atoms with Gasteiger partial charge in [0.1, 0.15) is 0 Å². The van der Waals surface area contributed by atoms with Gasteiger partial charge in [0.25, 0.3) is 11.1 Å². The van der Waals surface area contributed by atoms with Gasteiger partial charge in [-0.1, -0.05) is 30.3 Å². The standard InChI is InChI=1S/C20H24N2O4S/c23-13-10-16-8-4-5-11-21(16)18(24)9-12-22-19(25)17(27-20(22)26)14-15-6-2-1-3-7-15/h1-3,6-7,14,16,23H,4-5,8-13H2/b17-14+/t16-/m0/s1. The lowest BCUT2D eigenvalue weighted by molar-refractivity contribution is -0.135. The van der Waals surface area contributed by atoms with Crippen LogP contribution in [0.5, 0.6) is 0 Å². The quantitative estimate of drug-likeness (QED) is 0.758. The highest BCUT2D eigenvalue weighted by Crippen LogP contribution is 2.32. The van der Waals surface area contributed by atoms with E-state index in [0.717, 1.165) is 41.5 Å². The maximum atomic E-state index is 12.6. The Kier molecular flexibility index (Phi) is 6.68. The second-order valence-corrected chi connectivity index (χ2v) is 7.74. The number of nitrogens with zero attached hydrogens (tertiary/aromatic N) is 2. The Balaban J connectivity index is 1.60. The van der Waals surface area contributed by atoms with Crippen LogP contribution in [0.4, 0.5) is 4.79 Å². The monoisotopic (exact) mass is 388 g/mol. The van der Waals surface area contributed by atoms with E-state index in [1.807, 2.05) is 30.3 Å². The van der Waals surface area contributed by atoms with Gasteiger partial charge in [-0.3, -0.25) is 19.3 Å². The number of carbonyl (C=O) groups excluding carboxylic acids is 3. The number of imide groups is 1. The second kappa shape index (κ2) is 9.19. The van der Waals surface area contributed by atoms with E-state index in [0.29, 0.717) is 17.9 Å². The number of hydrogen-bond donors (Lipinski definition) is 1. The van der Waals surface area contributed by atoms with E-state index in [4.69, 9.17) is 0 Å². The molecule has 7 heteroatoms. The van der Waals surface area contributed by atoms with E-state index in [1.54, 1.807) is 11.0 Å². The topological polar surface area (TPSA) is 77.9 Å². The third kappa shape index (κ3) is 4.78. The minimum atomic E-state index is -0.341. The normalized spacial score (nSPS) is 22.0. The number of aliphatic hydroxyl groups excluding tert-OH is 1. The zero-order chi connectivity index (χ0) is 19.2. The first kappa shape index (κ1) is 19.6. The van der Waals surface area contributed by atoms with E-state index in [-0.39, 0.29) is 42.7 Å². The number of benzene rings is 1. The molecule has 0 aliphatic carbocycles. The van der Waals surface area contributed by atoms with E-state index < -0.39 is 0 Å². The van der Waals surface area contributed by atoms with Crippen molar-refractivity contribution in [3.05, 3.63) is 40.8 Å². The highest BCUT2D eigenvalue weighted by atomic mass is 32.2. The van der Waals surface area contributed by atoms with E-state index in [9.17, 15) is 19.5 Å². The summed E-state index contributed by atoms with van der Waals surface area (Å²) in [5.41, 5.74) is 0.860. The van der Waals surface area contributed by atoms with Gasteiger partial charge in [0, 0.05) is 32.2 Å². The predicted molar refractivity (Wildman–Crippen MR) is 105 cm³/mol. The molecule has 0 spiro atoms. The van der Waals surface area contributed by atoms with Gasteiger partial charge in [0.05, 0.1) is 4.91 Å². The third-order valence-electron chi connectivity index (χ3n) is 4.93. The van der Waals surface area contributed by atoms with Gasteiger partial charge < -0.3 is 10.0 Å². The van der Waals surface area contributed by atoms with Crippen molar-refractivity contribution in [2.24, 2.45) is 0 Å². The zero-order valence-corrected chi connectivity index (χ0v) is 16.0. The molecule has 2 aliphatic heterocycles. The van der Waals surface area contributed by atoms with Gasteiger partial charge >= 0.3 is 0 Å². The Hall–Kier alpha value is -2.12. The van der Waals surface area contributed by atoms with E-state index in [1.165, 1.54) is 0 Å². The number of carbonyl (C=O) groups is 3. The molecule has 2 fully saturated rings. The zero-order valence-electron chi connectivity index (χ0n) is 15.2. The summed E-state index contributed by atoms with van der Waals surface area (Å²) < 4.78 is 0. The summed E-state index contributed by atoms with van der Waals surface area (Å²) in [6.07, 6.45) is 5.31. The van der Waals surface area contributed by atoms with Crippen molar-refractivity contribution < 1.29 is 19.5 Å². The molecule has 0 bridgehead atoms. The van der Waals surface area contributed by atoms with Crippen molar-refractivity contribution >= 4 is 34.9 Å². The van der Waals surface area contributed by atoms with Crippen LogP contribution in [0.2, 0.25) is 0 Å². The average Bonchev–Trinajstić information content (AvgIpc) is 2.94. The summed E-state index contributed by atoms with van der Waals surface area (Å²) >= 11 is 0.913. The van der Waals surface area contributed by atoms with Crippen molar-refractivity contribution in [2.45, 2.75) is 38.1 Å². The maximum absolute atomic E-state index is 12.6. The van der Waals surface area contributed by atoms with Gasteiger partial charge in [-0.2, -0.15) is 0 Å². The minimum Gasteiger partial charge on any atom is -0.396 e. The maximum Gasteiger partial charge on any atom is 0.293 e. The Labute approximate surface area is 163 Å². The molecule has 0 radical (unpaired) electrons. The molecule has 27 heavy (non-hydrogen) atoms. The number of aliphatic hydroxyl groups is 1. The molecule has 3 amide bonds. The summed E-state index contributed by atoms with van der Waals surface area (Å²) in [6.45, 7) is 0.832. The molecule has 144 valence electrons. The number of piperidine rings is 1. The van der Waals surface area contributed by atoms with Gasteiger partial charge in [-0.25, -0.2) is 0 Å². The van der Waals surface area contributed by atoms with Crippen LogP contribution in [0.1, 0.15) is 37.7 Å². The highest BCUT2D eigenvalue weighted by molar-refractivity contribution is 8.18. The van der Waals surface area contributed by atoms with Crippen LogP contribution in [0.15, 0.2) is 35.2 Å². The molecule has 0 aromatic heterocycles. The average molecular weight is 388 g/mol. The molecule has 2 saturated heterocycles. The first-order valence-corrected chi connectivity index (χ1v) is 10.1. The first-order valence-electron chi connectivity index (χ1n) is 9.31. The summed E-state index contributed by atoms with van der Waals surface area (Å²) in [7, 11) is 0. The Morgan fingerprint density at radius 3 is 2.74 bits per heavy atom. The van der Waals surface area contributed by atoms with Crippen molar-refractivity contribution in [3.63, 3.8) is 0 Å². The van der Waals surface area contributed by atoms with Crippen molar-refractivity contribution in [1.29, 1.82) is 0 Å². The number of amides is 3. The highest BCUT2D eigenvalue weighted by Gasteiger charge is 2.36. The number of rotatable bonds is 6. The van der Waals surface area contributed by atoms with Crippen LogP contribution in [-0.2, 0) is 9.59 Å². The van der Waals surface area contributed by atoms with Crippen molar-refractivity contribution in [1.82, 2.24) is 9.80 Å². The lowest BCUT2D eigenvalue weighted by atomic mass is 9.99. The van der Waals surface area contributed by atoms with Crippen LogP contribution in [0.25, 0.3) is 6.08 Å². The molecule has 1 atom stereocenters. The Morgan fingerprint density at radius 1 is 1.22 bits per heavy atom. The first-order chi connectivity index (χ1) is 13.1. The van der Waals surface area contributed by atoms with Gasteiger partial charge in [-0.15, -0.1) is 0 Å². The molecular formula is C20H24N2O4S. The van der Waals surface area contributed by atoms with Crippen LogP contribution in [-0.4, -0.2) is 57.7 Å². The number of likely N-dealkylation sites (tertiary alicyclic amines) is 1. The second-order valence-electron chi connectivity index (χ2n) is 6.74. The van der Waals surface area contributed by atoms with Gasteiger partial charge in [-0.05, 0) is 49.1 Å². The summed E-state index contributed by atoms with van der Waals surface area (Å²) in [5.74, 6) is -0.397.